The lowest BCUT2D eigenvalue weighted by Crippen LogP contribution is -2.40. The van der Waals surface area contributed by atoms with Gasteiger partial charge in [0.05, 0.1) is 5.56 Å². The van der Waals surface area contributed by atoms with Crippen molar-refractivity contribution in [1.29, 1.82) is 5.26 Å². The number of hydrogen-bond donors (Lipinski definition) is 1. The minimum absolute atomic E-state index is 0.124. The van der Waals surface area contributed by atoms with E-state index in [1.165, 1.54) is 0 Å². The first-order valence-electron chi connectivity index (χ1n) is 7.17. The lowest BCUT2D eigenvalue weighted by molar-refractivity contribution is 0.351. The van der Waals surface area contributed by atoms with E-state index in [0.29, 0.717) is 17.6 Å². The molecular formula is C16H22FN3. The third-order valence-corrected chi connectivity index (χ3v) is 4.51. The number of nitriles is 1. The average Bonchev–Trinajstić information content (AvgIpc) is 2.49. The normalized spacial score (nSPS) is 22.4. The van der Waals surface area contributed by atoms with Gasteiger partial charge in [0, 0.05) is 30.4 Å². The minimum Gasteiger partial charge on any atom is -0.371 e. The van der Waals surface area contributed by atoms with E-state index >= 15 is 0 Å². The van der Waals surface area contributed by atoms with E-state index < -0.39 is 0 Å². The second-order valence-corrected chi connectivity index (χ2v) is 5.59. The van der Waals surface area contributed by atoms with Gasteiger partial charge in [-0.2, -0.15) is 5.26 Å². The summed E-state index contributed by atoms with van der Waals surface area (Å²) in [5, 5.41) is 12.2. The number of halogens is 1. The first kappa shape index (κ1) is 14.8. The van der Waals surface area contributed by atoms with E-state index in [0.717, 1.165) is 31.4 Å². The third kappa shape index (κ3) is 2.78. The van der Waals surface area contributed by atoms with E-state index in [4.69, 9.17) is 5.26 Å². The van der Waals surface area contributed by atoms with E-state index in [1.54, 1.807) is 13.0 Å². The molecular weight excluding hydrogens is 253 g/mol. The average molecular weight is 275 g/mol. The van der Waals surface area contributed by atoms with Gasteiger partial charge in [0.25, 0.3) is 0 Å². The number of rotatable bonds is 3. The molecule has 0 amide bonds. The second-order valence-electron chi connectivity index (χ2n) is 5.59. The van der Waals surface area contributed by atoms with Crippen LogP contribution >= 0.6 is 0 Å². The number of anilines is 1. The topological polar surface area (TPSA) is 39.1 Å². The molecule has 4 heteroatoms. The van der Waals surface area contributed by atoms with Crippen LogP contribution in [0.25, 0.3) is 0 Å². The van der Waals surface area contributed by atoms with Crippen molar-refractivity contribution < 1.29 is 4.39 Å². The molecule has 108 valence electrons. The van der Waals surface area contributed by atoms with Crippen molar-refractivity contribution in [3.05, 3.63) is 29.1 Å². The van der Waals surface area contributed by atoms with Crippen LogP contribution in [0.2, 0.25) is 0 Å². The molecule has 20 heavy (non-hydrogen) atoms. The van der Waals surface area contributed by atoms with Gasteiger partial charge < -0.3 is 10.2 Å². The van der Waals surface area contributed by atoms with Crippen LogP contribution in [-0.4, -0.2) is 26.2 Å². The zero-order valence-electron chi connectivity index (χ0n) is 12.4. The SMILES string of the molecule is CNC1CCC(N(C)c2ccc(C#N)c(F)c2C)CC1. The number of nitrogens with zero attached hydrogens (tertiary/aromatic N) is 2. The zero-order valence-corrected chi connectivity index (χ0v) is 12.4. The standard InChI is InChI=1S/C16H22FN3/c1-11-15(9-4-12(10-18)16(11)17)20(3)14-7-5-13(19-2)6-8-14/h4,9,13-14,19H,5-8H2,1-3H3. The molecule has 1 N–H and O–H groups in total. The summed E-state index contributed by atoms with van der Waals surface area (Å²) in [5.74, 6) is -0.388. The Bertz CT molecular complexity index is 513. The fourth-order valence-electron chi connectivity index (χ4n) is 3.09. The fourth-order valence-corrected chi connectivity index (χ4v) is 3.09. The predicted molar refractivity (Wildman–Crippen MR) is 79.4 cm³/mol. The summed E-state index contributed by atoms with van der Waals surface area (Å²) in [7, 11) is 4.03. The van der Waals surface area contributed by atoms with E-state index in [9.17, 15) is 4.39 Å². The molecule has 1 aliphatic carbocycles. The number of hydrogen-bond acceptors (Lipinski definition) is 3. The highest BCUT2D eigenvalue weighted by Crippen LogP contribution is 2.30. The first-order chi connectivity index (χ1) is 9.58. The number of benzene rings is 1. The lowest BCUT2D eigenvalue weighted by atomic mass is 9.90. The molecule has 0 aliphatic heterocycles. The summed E-state index contributed by atoms with van der Waals surface area (Å²) in [6.45, 7) is 1.75. The maximum absolute atomic E-state index is 14.0. The Morgan fingerprint density at radius 2 is 1.95 bits per heavy atom. The smallest absolute Gasteiger partial charge is 0.145 e. The van der Waals surface area contributed by atoms with Crippen LogP contribution < -0.4 is 10.2 Å². The molecule has 0 spiro atoms. The van der Waals surface area contributed by atoms with Crippen LogP contribution in [-0.2, 0) is 0 Å². The van der Waals surface area contributed by atoms with Crippen LogP contribution in [0.5, 0.6) is 0 Å². The Balaban J connectivity index is 2.16. The minimum atomic E-state index is -0.388. The van der Waals surface area contributed by atoms with E-state index in [1.807, 2.05) is 26.2 Å². The zero-order chi connectivity index (χ0) is 14.7. The van der Waals surface area contributed by atoms with Gasteiger partial charge in [0.15, 0.2) is 0 Å². The molecule has 0 atom stereocenters. The van der Waals surface area contributed by atoms with Gasteiger partial charge in [-0.05, 0) is 51.8 Å². The predicted octanol–water partition coefficient (Wildman–Crippen LogP) is 2.97. The van der Waals surface area contributed by atoms with Crippen molar-refractivity contribution >= 4 is 5.69 Å². The van der Waals surface area contributed by atoms with Crippen molar-refractivity contribution in [2.45, 2.75) is 44.7 Å². The van der Waals surface area contributed by atoms with Crippen molar-refractivity contribution in [3.63, 3.8) is 0 Å². The summed E-state index contributed by atoms with van der Waals surface area (Å²) in [6, 6.07) is 6.39. The van der Waals surface area contributed by atoms with Crippen LogP contribution in [0.3, 0.4) is 0 Å². The first-order valence-corrected chi connectivity index (χ1v) is 7.17. The van der Waals surface area contributed by atoms with Crippen molar-refractivity contribution in [2.24, 2.45) is 0 Å². The Morgan fingerprint density at radius 3 is 2.50 bits per heavy atom. The highest BCUT2D eigenvalue weighted by Gasteiger charge is 2.24. The van der Waals surface area contributed by atoms with Crippen molar-refractivity contribution in [2.75, 3.05) is 19.0 Å². The highest BCUT2D eigenvalue weighted by atomic mass is 19.1. The van der Waals surface area contributed by atoms with Crippen LogP contribution in [0.1, 0.15) is 36.8 Å². The Kier molecular flexibility index (Phi) is 4.61. The molecule has 0 radical (unpaired) electrons. The summed E-state index contributed by atoms with van der Waals surface area (Å²) < 4.78 is 14.0. The molecule has 0 aromatic heterocycles. The molecule has 1 aromatic rings. The van der Waals surface area contributed by atoms with Gasteiger partial charge in [0.2, 0.25) is 0 Å². The molecule has 0 saturated heterocycles. The van der Waals surface area contributed by atoms with Gasteiger partial charge in [-0.1, -0.05) is 0 Å². The molecule has 2 rings (SSSR count). The second kappa shape index (κ2) is 6.23. The Morgan fingerprint density at radius 1 is 1.30 bits per heavy atom. The summed E-state index contributed by atoms with van der Waals surface area (Å²) in [6.07, 6.45) is 4.54. The summed E-state index contributed by atoms with van der Waals surface area (Å²) >= 11 is 0. The monoisotopic (exact) mass is 275 g/mol. The van der Waals surface area contributed by atoms with Crippen LogP contribution in [0.4, 0.5) is 10.1 Å². The van der Waals surface area contributed by atoms with Crippen LogP contribution in [0, 0.1) is 24.1 Å². The molecule has 1 saturated carbocycles. The van der Waals surface area contributed by atoms with Gasteiger partial charge in [-0.15, -0.1) is 0 Å². The van der Waals surface area contributed by atoms with Gasteiger partial charge >= 0.3 is 0 Å². The summed E-state index contributed by atoms with van der Waals surface area (Å²) in [4.78, 5) is 2.17. The Hall–Kier alpha value is -1.60. The fraction of sp³-hybridized carbons (Fsp3) is 0.562. The van der Waals surface area contributed by atoms with Crippen molar-refractivity contribution in [1.82, 2.24) is 5.32 Å². The molecule has 0 heterocycles. The molecule has 3 nitrogen and oxygen atoms in total. The molecule has 1 fully saturated rings. The highest BCUT2D eigenvalue weighted by molar-refractivity contribution is 5.57. The van der Waals surface area contributed by atoms with Gasteiger partial charge in [-0.25, -0.2) is 4.39 Å². The third-order valence-electron chi connectivity index (χ3n) is 4.51. The quantitative estimate of drug-likeness (QED) is 0.921. The van der Waals surface area contributed by atoms with E-state index in [2.05, 4.69) is 10.2 Å². The molecule has 0 bridgehead atoms. The molecule has 1 aliphatic rings. The van der Waals surface area contributed by atoms with Gasteiger partial charge in [-0.3, -0.25) is 0 Å². The molecule has 1 aromatic carbocycles. The maximum Gasteiger partial charge on any atom is 0.145 e. The Labute approximate surface area is 120 Å². The summed E-state index contributed by atoms with van der Waals surface area (Å²) in [5.41, 5.74) is 1.59. The maximum atomic E-state index is 14.0. The largest absolute Gasteiger partial charge is 0.371 e. The molecule has 0 unspecified atom stereocenters. The van der Waals surface area contributed by atoms with Crippen LogP contribution in [0.15, 0.2) is 12.1 Å². The van der Waals surface area contributed by atoms with Crippen molar-refractivity contribution in [3.8, 4) is 6.07 Å². The lowest BCUT2D eigenvalue weighted by Gasteiger charge is -2.36. The van der Waals surface area contributed by atoms with Gasteiger partial charge in [0.1, 0.15) is 11.9 Å². The number of nitrogens with one attached hydrogen (secondary N) is 1. The van der Waals surface area contributed by atoms with E-state index in [-0.39, 0.29) is 11.4 Å².